The highest BCUT2D eigenvalue weighted by molar-refractivity contribution is 9.10. The van der Waals surface area contributed by atoms with Crippen LogP contribution in [0.25, 0.3) is 0 Å². The number of aliphatic hydroxyl groups is 1. The Morgan fingerprint density at radius 2 is 2.40 bits per heavy atom. The summed E-state index contributed by atoms with van der Waals surface area (Å²) in [6, 6.07) is 2.01. The van der Waals surface area contributed by atoms with E-state index in [1.165, 1.54) is 6.07 Å². The molecule has 0 spiro atoms. The molecule has 0 fully saturated rings. The average Bonchev–Trinajstić information content (AvgIpc) is 2.63. The molecule has 1 heterocycles. The lowest BCUT2D eigenvalue weighted by Crippen LogP contribution is -2.38. The standard InChI is InChI=1S/C9H12BrNO4/c1-2-14-9(13)7(11)8(12)5-3-4-6(10)15-5/h3-4,7-8,12H,2,11H2,1H3. The first kappa shape index (κ1) is 12.2. The molecule has 1 aromatic rings. The van der Waals surface area contributed by atoms with Crippen molar-refractivity contribution in [1.29, 1.82) is 0 Å². The van der Waals surface area contributed by atoms with Crippen LogP contribution in [0.5, 0.6) is 0 Å². The van der Waals surface area contributed by atoms with Gasteiger partial charge in [0.15, 0.2) is 4.67 Å². The maximum absolute atomic E-state index is 11.2. The van der Waals surface area contributed by atoms with Gasteiger partial charge in [0, 0.05) is 0 Å². The molecule has 1 aromatic heterocycles. The number of rotatable bonds is 4. The van der Waals surface area contributed by atoms with E-state index >= 15 is 0 Å². The number of esters is 1. The van der Waals surface area contributed by atoms with Gasteiger partial charge in [0.05, 0.1) is 6.61 Å². The van der Waals surface area contributed by atoms with E-state index in [1.54, 1.807) is 13.0 Å². The number of hydrogen-bond donors (Lipinski definition) is 2. The quantitative estimate of drug-likeness (QED) is 0.801. The van der Waals surface area contributed by atoms with Crippen molar-refractivity contribution in [2.75, 3.05) is 6.61 Å². The Labute approximate surface area is 95.3 Å². The van der Waals surface area contributed by atoms with E-state index in [4.69, 9.17) is 10.2 Å². The molecule has 0 aliphatic rings. The molecule has 0 bridgehead atoms. The van der Waals surface area contributed by atoms with Crippen molar-refractivity contribution in [1.82, 2.24) is 0 Å². The molecular weight excluding hydrogens is 266 g/mol. The summed E-state index contributed by atoms with van der Waals surface area (Å²) in [5.41, 5.74) is 5.49. The highest BCUT2D eigenvalue weighted by Crippen LogP contribution is 2.22. The van der Waals surface area contributed by atoms with Gasteiger partial charge in [-0.1, -0.05) is 0 Å². The Morgan fingerprint density at radius 3 is 2.87 bits per heavy atom. The van der Waals surface area contributed by atoms with Gasteiger partial charge in [-0.2, -0.15) is 0 Å². The lowest BCUT2D eigenvalue weighted by molar-refractivity contribution is -0.147. The zero-order chi connectivity index (χ0) is 11.4. The predicted octanol–water partition coefficient (Wildman–Crippen LogP) is 0.966. The van der Waals surface area contributed by atoms with Gasteiger partial charge in [0.1, 0.15) is 17.9 Å². The maximum atomic E-state index is 11.2. The van der Waals surface area contributed by atoms with Crippen molar-refractivity contribution in [3.63, 3.8) is 0 Å². The maximum Gasteiger partial charge on any atom is 0.326 e. The number of carbonyl (C=O) groups excluding carboxylic acids is 1. The third kappa shape index (κ3) is 3.05. The number of ether oxygens (including phenoxy) is 1. The minimum Gasteiger partial charge on any atom is -0.465 e. The van der Waals surface area contributed by atoms with Crippen molar-refractivity contribution >= 4 is 21.9 Å². The summed E-state index contributed by atoms with van der Waals surface area (Å²) >= 11 is 3.08. The largest absolute Gasteiger partial charge is 0.465 e. The zero-order valence-corrected chi connectivity index (χ0v) is 9.73. The zero-order valence-electron chi connectivity index (χ0n) is 8.14. The number of hydrogen-bond acceptors (Lipinski definition) is 5. The Balaban J connectivity index is 2.67. The lowest BCUT2D eigenvalue weighted by atomic mass is 10.1. The van der Waals surface area contributed by atoms with Crippen molar-refractivity contribution in [3.8, 4) is 0 Å². The van der Waals surface area contributed by atoms with Crippen LogP contribution in [0.1, 0.15) is 18.8 Å². The topological polar surface area (TPSA) is 85.7 Å². The molecule has 2 atom stereocenters. The second-order valence-electron chi connectivity index (χ2n) is 2.86. The summed E-state index contributed by atoms with van der Waals surface area (Å²) < 4.78 is 10.2. The summed E-state index contributed by atoms with van der Waals surface area (Å²) in [4.78, 5) is 11.2. The first-order valence-corrected chi connectivity index (χ1v) is 5.21. The molecule has 84 valence electrons. The van der Waals surface area contributed by atoms with Gasteiger partial charge in [-0.15, -0.1) is 0 Å². The fourth-order valence-electron chi connectivity index (χ4n) is 1.03. The van der Waals surface area contributed by atoms with E-state index in [0.717, 1.165) is 0 Å². The first-order chi connectivity index (χ1) is 7.06. The normalized spacial score (nSPS) is 14.7. The van der Waals surface area contributed by atoms with Gasteiger partial charge in [-0.25, -0.2) is 0 Å². The number of furan rings is 1. The van der Waals surface area contributed by atoms with Crippen LogP contribution in [0.3, 0.4) is 0 Å². The van der Waals surface area contributed by atoms with Crippen molar-refractivity contribution in [2.24, 2.45) is 5.73 Å². The third-order valence-corrected chi connectivity index (χ3v) is 2.21. The highest BCUT2D eigenvalue weighted by Gasteiger charge is 2.27. The smallest absolute Gasteiger partial charge is 0.326 e. The second-order valence-corrected chi connectivity index (χ2v) is 3.65. The highest BCUT2D eigenvalue weighted by atomic mass is 79.9. The summed E-state index contributed by atoms with van der Waals surface area (Å²) in [5, 5.41) is 9.66. The van der Waals surface area contributed by atoms with Gasteiger partial charge in [-0.3, -0.25) is 4.79 Å². The van der Waals surface area contributed by atoms with Crippen molar-refractivity contribution < 1.29 is 19.1 Å². The Hall–Kier alpha value is -0.850. The van der Waals surface area contributed by atoms with Crippen LogP contribution in [0.15, 0.2) is 21.2 Å². The number of aliphatic hydroxyl groups excluding tert-OH is 1. The van der Waals surface area contributed by atoms with Crippen LogP contribution >= 0.6 is 15.9 Å². The average molecular weight is 278 g/mol. The SMILES string of the molecule is CCOC(=O)C(N)C(O)c1ccc(Br)o1. The van der Waals surface area contributed by atoms with E-state index in [2.05, 4.69) is 20.7 Å². The van der Waals surface area contributed by atoms with E-state index in [1.807, 2.05) is 0 Å². The number of halogens is 1. The monoisotopic (exact) mass is 277 g/mol. The summed E-state index contributed by atoms with van der Waals surface area (Å²) in [6.45, 7) is 1.89. The fraction of sp³-hybridized carbons (Fsp3) is 0.444. The molecule has 0 radical (unpaired) electrons. The molecule has 0 aliphatic carbocycles. The van der Waals surface area contributed by atoms with Crippen LogP contribution < -0.4 is 5.73 Å². The minimum absolute atomic E-state index is 0.223. The first-order valence-electron chi connectivity index (χ1n) is 4.41. The number of nitrogens with two attached hydrogens (primary N) is 1. The van der Waals surface area contributed by atoms with Crippen LogP contribution in [-0.2, 0) is 9.53 Å². The Morgan fingerprint density at radius 1 is 1.73 bits per heavy atom. The molecule has 3 N–H and O–H groups in total. The molecule has 0 saturated carbocycles. The van der Waals surface area contributed by atoms with E-state index in [9.17, 15) is 9.90 Å². The summed E-state index contributed by atoms with van der Waals surface area (Å²) in [7, 11) is 0. The van der Waals surface area contributed by atoms with Crippen molar-refractivity contribution in [2.45, 2.75) is 19.1 Å². The van der Waals surface area contributed by atoms with Gasteiger partial charge >= 0.3 is 5.97 Å². The minimum atomic E-state index is -1.20. The van der Waals surface area contributed by atoms with Crippen LogP contribution in [-0.4, -0.2) is 23.7 Å². The van der Waals surface area contributed by atoms with E-state index in [0.29, 0.717) is 4.67 Å². The van der Waals surface area contributed by atoms with E-state index in [-0.39, 0.29) is 12.4 Å². The molecule has 0 aromatic carbocycles. The molecule has 1 rings (SSSR count). The Bertz CT molecular complexity index is 339. The lowest BCUT2D eigenvalue weighted by Gasteiger charge is -2.14. The summed E-state index contributed by atoms with van der Waals surface area (Å²) in [6.07, 6.45) is -1.20. The molecular formula is C9H12BrNO4. The van der Waals surface area contributed by atoms with Crippen molar-refractivity contribution in [3.05, 3.63) is 22.6 Å². The van der Waals surface area contributed by atoms with Crippen LogP contribution in [0.2, 0.25) is 0 Å². The van der Waals surface area contributed by atoms with Gasteiger partial charge in [-0.05, 0) is 35.0 Å². The molecule has 0 aliphatic heterocycles. The summed E-state index contributed by atoms with van der Waals surface area (Å²) in [5.74, 6) is -0.431. The van der Waals surface area contributed by atoms with Crippen LogP contribution in [0.4, 0.5) is 0 Å². The predicted molar refractivity (Wildman–Crippen MR) is 56.0 cm³/mol. The van der Waals surface area contributed by atoms with Gasteiger partial charge in [0.25, 0.3) is 0 Å². The molecule has 0 saturated heterocycles. The van der Waals surface area contributed by atoms with Gasteiger partial charge < -0.3 is 20.0 Å². The second kappa shape index (κ2) is 5.29. The molecule has 0 amide bonds. The molecule has 6 heteroatoms. The molecule has 15 heavy (non-hydrogen) atoms. The number of carbonyl (C=O) groups is 1. The third-order valence-electron chi connectivity index (χ3n) is 1.78. The fourth-order valence-corrected chi connectivity index (χ4v) is 1.35. The Kier molecular flexibility index (Phi) is 4.31. The molecule has 5 nitrogen and oxygen atoms in total. The van der Waals surface area contributed by atoms with Gasteiger partial charge in [0.2, 0.25) is 0 Å². The van der Waals surface area contributed by atoms with Crippen LogP contribution in [0, 0.1) is 0 Å². The van der Waals surface area contributed by atoms with E-state index < -0.39 is 18.1 Å². The molecule has 2 unspecified atom stereocenters.